The molecule has 2 N–H and O–H groups in total. The van der Waals surface area contributed by atoms with Gasteiger partial charge in [0.25, 0.3) is 5.91 Å². The van der Waals surface area contributed by atoms with E-state index in [0.717, 1.165) is 24.0 Å². The topological polar surface area (TPSA) is 41.1 Å². The van der Waals surface area contributed by atoms with Crippen LogP contribution in [-0.4, -0.2) is 25.0 Å². The van der Waals surface area contributed by atoms with Gasteiger partial charge in [-0.3, -0.25) is 4.79 Å². The van der Waals surface area contributed by atoms with Crippen LogP contribution in [-0.2, 0) is 0 Å². The molecule has 1 amide bonds. The second-order valence-corrected chi connectivity index (χ2v) is 6.28. The maximum absolute atomic E-state index is 12.3. The molecule has 5 heteroatoms. The number of amides is 1. The van der Waals surface area contributed by atoms with Gasteiger partial charge < -0.3 is 10.6 Å². The fourth-order valence-corrected chi connectivity index (χ4v) is 2.98. The van der Waals surface area contributed by atoms with Crippen molar-refractivity contribution in [3.8, 4) is 0 Å². The molecule has 1 aromatic rings. The first kappa shape index (κ1) is 14.8. The molecule has 1 aliphatic heterocycles. The number of nitrogens with one attached hydrogen (secondary N) is 2. The fraction of sp³-hybridized carbons (Fsp3) is 0.500. The number of halogens is 2. The van der Waals surface area contributed by atoms with Gasteiger partial charge in [0.15, 0.2) is 0 Å². The molecular formula is C14H18BrClN2O. The number of rotatable bonds is 3. The summed E-state index contributed by atoms with van der Waals surface area (Å²) in [4.78, 5) is 12.3. The summed E-state index contributed by atoms with van der Waals surface area (Å²) in [6.07, 6.45) is 2.33. The maximum atomic E-state index is 12.3. The lowest BCUT2D eigenvalue weighted by atomic mass is 9.92. The molecule has 1 aliphatic rings. The van der Waals surface area contributed by atoms with Crippen LogP contribution in [0.5, 0.6) is 0 Å². The van der Waals surface area contributed by atoms with Crippen LogP contribution in [0.15, 0.2) is 22.7 Å². The van der Waals surface area contributed by atoms with Gasteiger partial charge in [0, 0.05) is 15.5 Å². The molecule has 1 saturated heterocycles. The van der Waals surface area contributed by atoms with Crippen LogP contribution in [0.4, 0.5) is 0 Å². The van der Waals surface area contributed by atoms with E-state index >= 15 is 0 Å². The lowest BCUT2D eigenvalue weighted by Crippen LogP contribution is -2.44. The molecule has 0 bridgehead atoms. The molecule has 1 aromatic carbocycles. The molecule has 1 heterocycles. The summed E-state index contributed by atoms with van der Waals surface area (Å²) in [7, 11) is 0. The molecule has 19 heavy (non-hydrogen) atoms. The summed E-state index contributed by atoms with van der Waals surface area (Å²) < 4.78 is 0.767. The zero-order valence-corrected chi connectivity index (χ0v) is 13.2. The number of hydrogen-bond donors (Lipinski definition) is 2. The van der Waals surface area contributed by atoms with Crippen molar-refractivity contribution < 1.29 is 4.79 Å². The largest absolute Gasteiger partial charge is 0.349 e. The van der Waals surface area contributed by atoms with Gasteiger partial charge in [-0.25, -0.2) is 0 Å². The summed E-state index contributed by atoms with van der Waals surface area (Å²) in [5.41, 5.74) is 0.586. The Morgan fingerprint density at radius 2 is 2.37 bits per heavy atom. The second kappa shape index (κ2) is 6.73. The zero-order chi connectivity index (χ0) is 13.8. The molecule has 0 aliphatic carbocycles. The second-order valence-electron chi connectivity index (χ2n) is 4.99. The lowest BCUT2D eigenvalue weighted by Gasteiger charge is -2.29. The normalized spacial score (nSPS) is 20.9. The predicted molar refractivity (Wildman–Crippen MR) is 81.7 cm³/mol. The Balaban J connectivity index is 2.01. The van der Waals surface area contributed by atoms with Gasteiger partial charge in [0.1, 0.15) is 0 Å². The Hall–Kier alpha value is -0.580. The third kappa shape index (κ3) is 3.94. The molecule has 0 saturated carbocycles. The van der Waals surface area contributed by atoms with Crippen molar-refractivity contribution in [1.82, 2.24) is 10.6 Å². The molecule has 0 aromatic heterocycles. The Labute approximate surface area is 127 Å². The van der Waals surface area contributed by atoms with Crippen molar-refractivity contribution in [2.75, 3.05) is 13.1 Å². The molecule has 0 radical (unpaired) electrons. The van der Waals surface area contributed by atoms with E-state index < -0.39 is 0 Å². The molecule has 2 atom stereocenters. The van der Waals surface area contributed by atoms with Crippen molar-refractivity contribution in [1.29, 1.82) is 0 Å². The van der Waals surface area contributed by atoms with E-state index in [4.69, 9.17) is 11.6 Å². The van der Waals surface area contributed by atoms with E-state index in [9.17, 15) is 4.79 Å². The Kier molecular flexibility index (Phi) is 5.25. The average Bonchev–Trinajstić information content (AvgIpc) is 2.42. The first-order valence-electron chi connectivity index (χ1n) is 6.54. The van der Waals surface area contributed by atoms with Gasteiger partial charge in [-0.2, -0.15) is 0 Å². The Morgan fingerprint density at radius 3 is 3.05 bits per heavy atom. The minimum Gasteiger partial charge on any atom is -0.349 e. The van der Waals surface area contributed by atoms with Crippen molar-refractivity contribution in [3.05, 3.63) is 33.3 Å². The minimum atomic E-state index is -0.0764. The molecule has 2 unspecified atom stereocenters. The van der Waals surface area contributed by atoms with Crippen LogP contribution in [0.2, 0.25) is 5.02 Å². The highest BCUT2D eigenvalue weighted by Crippen LogP contribution is 2.22. The number of carbonyl (C=O) groups is 1. The van der Waals surface area contributed by atoms with E-state index in [-0.39, 0.29) is 11.9 Å². The van der Waals surface area contributed by atoms with Crippen LogP contribution in [0.3, 0.4) is 0 Å². The van der Waals surface area contributed by atoms with Crippen LogP contribution < -0.4 is 10.6 Å². The first-order chi connectivity index (χ1) is 9.08. The van der Waals surface area contributed by atoms with Crippen molar-refractivity contribution >= 4 is 33.4 Å². The summed E-state index contributed by atoms with van der Waals surface area (Å²) in [6.45, 7) is 4.11. The SMILES string of the molecule is CC(NC(=O)c1cc(Cl)ccc1Br)C1CCCNC1. The fourth-order valence-electron chi connectivity index (χ4n) is 2.38. The van der Waals surface area contributed by atoms with Crippen LogP contribution in [0, 0.1) is 5.92 Å². The first-order valence-corrected chi connectivity index (χ1v) is 7.71. The number of hydrogen-bond acceptors (Lipinski definition) is 2. The van der Waals surface area contributed by atoms with Gasteiger partial charge >= 0.3 is 0 Å². The van der Waals surface area contributed by atoms with E-state index in [1.54, 1.807) is 18.2 Å². The minimum absolute atomic E-state index is 0.0764. The highest BCUT2D eigenvalue weighted by molar-refractivity contribution is 9.10. The van der Waals surface area contributed by atoms with E-state index in [1.165, 1.54) is 6.42 Å². The van der Waals surface area contributed by atoms with Gasteiger partial charge in [0.05, 0.1) is 5.56 Å². The lowest BCUT2D eigenvalue weighted by molar-refractivity contribution is 0.0921. The van der Waals surface area contributed by atoms with Crippen LogP contribution in [0.25, 0.3) is 0 Å². The van der Waals surface area contributed by atoms with Crippen molar-refractivity contribution in [2.24, 2.45) is 5.92 Å². The van der Waals surface area contributed by atoms with E-state index in [2.05, 4.69) is 33.5 Å². The van der Waals surface area contributed by atoms with Crippen molar-refractivity contribution in [3.63, 3.8) is 0 Å². The predicted octanol–water partition coefficient (Wildman–Crippen LogP) is 3.22. The average molecular weight is 346 g/mol. The standard InChI is InChI=1S/C14H18BrClN2O/c1-9(10-3-2-6-17-8-10)18-14(19)12-7-11(16)4-5-13(12)15/h4-5,7,9-10,17H,2-3,6,8H2,1H3,(H,18,19). The monoisotopic (exact) mass is 344 g/mol. The summed E-state index contributed by atoms with van der Waals surface area (Å²) in [5, 5.41) is 7.00. The Bertz CT molecular complexity index is 461. The molecule has 1 fully saturated rings. The smallest absolute Gasteiger partial charge is 0.252 e. The van der Waals surface area contributed by atoms with E-state index in [0.29, 0.717) is 16.5 Å². The number of carbonyl (C=O) groups excluding carboxylic acids is 1. The highest BCUT2D eigenvalue weighted by Gasteiger charge is 2.22. The highest BCUT2D eigenvalue weighted by atomic mass is 79.9. The van der Waals surface area contributed by atoms with Gasteiger partial charge in [0.2, 0.25) is 0 Å². The van der Waals surface area contributed by atoms with Crippen LogP contribution in [0.1, 0.15) is 30.1 Å². The van der Waals surface area contributed by atoms with Crippen LogP contribution >= 0.6 is 27.5 Å². The third-order valence-electron chi connectivity index (χ3n) is 3.57. The van der Waals surface area contributed by atoms with E-state index in [1.807, 2.05) is 0 Å². The third-order valence-corrected chi connectivity index (χ3v) is 4.50. The summed E-state index contributed by atoms with van der Waals surface area (Å²) >= 11 is 9.32. The van der Waals surface area contributed by atoms with Gasteiger partial charge in [-0.15, -0.1) is 0 Å². The summed E-state index contributed by atoms with van der Waals surface area (Å²) in [6, 6.07) is 5.40. The zero-order valence-electron chi connectivity index (χ0n) is 10.9. The molecule has 0 spiro atoms. The van der Waals surface area contributed by atoms with Crippen molar-refractivity contribution in [2.45, 2.75) is 25.8 Å². The molecule has 2 rings (SSSR count). The van der Waals surface area contributed by atoms with Gasteiger partial charge in [-0.1, -0.05) is 11.6 Å². The molecule has 104 valence electrons. The number of piperidine rings is 1. The number of benzene rings is 1. The summed E-state index contributed by atoms with van der Waals surface area (Å²) in [5.74, 6) is 0.420. The molecular weight excluding hydrogens is 328 g/mol. The van der Waals surface area contributed by atoms with Gasteiger partial charge in [-0.05, 0) is 72.9 Å². The Morgan fingerprint density at radius 1 is 1.58 bits per heavy atom. The maximum Gasteiger partial charge on any atom is 0.252 e. The quantitative estimate of drug-likeness (QED) is 0.883. The molecule has 3 nitrogen and oxygen atoms in total.